The molecule has 0 aliphatic carbocycles. The monoisotopic (exact) mass is 296 g/mol. The number of carbonyl (C=O) groups excluding carboxylic acids is 3. The van der Waals surface area contributed by atoms with Crippen molar-refractivity contribution in [2.24, 2.45) is 11.7 Å². The number of nitrogens with two attached hydrogens (primary N) is 1. The average Bonchev–Trinajstić information content (AvgIpc) is 2.91. The van der Waals surface area contributed by atoms with E-state index < -0.39 is 0 Å². The van der Waals surface area contributed by atoms with Crippen LogP contribution in [-0.4, -0.2) is 54.8 Å². The van der Waals surface area contributed by atoms with Crippen molar-refractivity contribution in [2.75, 3.05) is 26.2 Å². The lowest BCUT2D eigenvalue weighted by Crippen LogP contribution is -2.51. The normalized spacial score (nSPS) is 25.6. The van der Waals surface area contributed by atoms with E-state index >= 15 is 0 Å². The molecule has 2 fully saturated rings. The van der Waals surface area contributed by atoms with E-state index in [1.54, 1.807) is 0 Å². The lowest BCUT2D eigenvalue weighted by molar-refractivity contribution is -0.139. The predicted octanol–water partition coefficient (Wildman–Crippen LogP) is -1.03. The Labute approximate surface area is 124 Å². The van der Waals surface area contributed by atoms with Crippen LogP contribution in [0.25, 0.3) is 0 Å². The summed E-state index contributed by atoms with van der Waals surface area (Å²) in [6.45, 7) is 1.94. The van der Waals surface area contributed by atoms with E-state index in [0.29, 0.717) is 32.6 Å². The first-order valence-electron chi connectivity index (χ1n) is 7.65. The Morgan fingerprint density at radius 3 is 2.86 bits per heavy atom. The third-order valence-electron chi connectivity index (χ3n) is 4.14. The van der Waals surface area contributed by atoms with Gasteiger partial charge in [0.05, 0.1) is 5.92 Å². The molecule has 2 saturated heterocycles. The number of hydrogen-bond donors (Lipinski definition) is 3. The van der Waals surface area contributed by atoms with Gasteiger partial charge in [-0.3, -0.25) is 14.4 Å². The second-order valence-corrected chi connectivity index (χ2v) is 5.73. The van der Waals surface area contributed by atoms with Crippen molar-refractivity contribution in [1.82, 2.24) is 15.5 Å². The standard InChI is InChI=1S/C14H24N4O3/c15-5-4-12(19)17-9-11-3-1-2-6-18(11)14(21)10-7-13(20)16-8-10/h10-11H,1-9,15H2,(H,16,20)(H,17,19). The van der Waals surface area contributed by atoms with Crippen LogP contribution < -0.4 is 16.4 Å². The van der Waals surface area contributed by atoms with Gasteiger partial charge in [0.1, 0.15) is 0 Å². The van der Waals surface area contributed by atoms with Crippen molar-refractivity contribution in [1.29, 1.82) is 0 Å². The summed E-state index contributed by atoms with van der Waals surface area (Å²) in [4.78, 5) is 37.1. The van der Waals surface area contributed by atoms with Gasteiger partial charge in [-0.25, -0.2) is 0 Å². The van der Waals surface area contributed by atoms with Gasteiger partial charge >= 0.3 is 0 Å². The van der Waals surface area contributed by atoms with Gasteiger partial charge in [0.2, 0.25) is 17.7 Å². The molecule has 7 heteroatoms. The van der Waals surface area contributed by atoms with Crippen LogP contribution in [0.2, 0.25) is 0 Å². The molecule has 0 aromatic carbocycles. The summed E-state index contributed by atoms with van der Waals surface area (Å²) in [5, 5.41) is 5.54. The molecule has 0 saturated carbocycles. The lowest BCUT2D eigenvalue weighted by atomic mass is 9.98. The first kappa shape index (κ1) is 15.8. The topological polar surface area (TPSA) is 105 Å². The highest BCUT2D eigenvalue weighted by Crippen LogP contribution is 2.21. The van der Waals surface area contributed by atoms with Gasteiger partial charge in [-0.15, -0.1) is 0 Å². The molecule has 2 unspecified atom stereocenters. The number of hydrogen-bond acceptors (Lipinski definition) is 4. The highest BCUT2D eigenvalue weighted by molar-refractivity contribution is 5.89. The van der Waals surface area contributed by atoms with E-state index in [0.717, 1.165) is 19.3 Å². The zero-order valence-electron chi connectivity index (χ0n) is 12.3. The molecule has 2 rings (SSSR count). The molecule has 4 N–H and O–H groups in total. The smallest absolute Gasteiger partial charge is 0.228 e. The highest BCUT2D eigenvalue weighted by Gasteiger charge is 2.35. The molecular formula is C14H24N4O3. The summed E-state index contributed by atoms with van der Waals surface area (Å²) >= 11 is 0. The summed E-state index contributed by atoms with van der Waals surface area (Å²) in [5.41, 5.74) is 5.35. The third-order valence-corrected chi connectivity index (χ3v) is 4.14. The molecule has 0 aromatic heterocycles. The summed E-state index contributed by atoms with van der Waals surface area (Å²) in [6, 6.07) is 0.0312. The zero-order valence-corrected chi connectivity index (χ0v) is 12.3. The number of nitrogens with zero attached hydrogens (tertiary/aromatic N) is 1. The molecule has 2 aliphatic heterocycles. The Morgan fingerprint density at radius 2 is 2.19 bits per heavy atom. The fourth-order valence-corrected chi connectivity index (χ4v) is 2.97. The van der Waals surface area contributed by atoms with E-state index in [1.165, 1.54) is 0 Å². The van der Waals surface area contributed by atoms with Crippen molar-refractivity contribution in [3.63, 3.8) is 0 Å². The summed E-state index contributed by atoms with van der Waals surface area (Å²) in [6.07, 6.45) is 3.52. The van der Waals surface area contributed by atoms with Crippen molar-refractivity contribution < 1.29 is 14.4 Å². The van der Waals surface area contributed by atoms with E-state index in [9.17, 15) is 14.4 Å². The Kier molecular flexibility index (Phi) is 5.55. The minimum absolute atomic E-state index is 0.0312. The molecule has 2 atom stereocenters. The molecule has 0 bridgehead atoms. The van der Waals surface area contributed by atoms with E-state index in [4.69, 9.17) is 5.73 Å². The second-order valence-electron chi connectivity index (χ2n) is 5.73. The van der Waals surface area contributed by atoms with Crippen molar-refractivity contribution in [3.05, 3.63) is 0 Å². The van der Waals surface area contributed by atoms with Crippen molar-refractivity contribution in [3.8, 4) is 0 Å². The second kappa shape index (κ2) is 7.40. The lowest BCUT2D eigenvalue weighted by Gasteiger charge is -2.37. The fraction of sp³-hybridized carbons (Fsp3) is 0.786. The Bertz CT molecular complexity index is 413. The maximum atomic E-state index is 12.5. The van der Waals surface area contributed by atoms with Crippen LogP contribution in [0.15, 0.2) is 0 Å². The minimum atomic E-state index is -0.252. The fourth-order valence-electron chi connectivity index (χ4n) is 2.97. The van der Waals surface area contributed by atoms with Crippen LogP contribution in [0.1, 0.15) is 32.1 Å². The summed E-state index contributed by atoms with van der Waals surface area (Å²) in [5.74, 6) is -0.352. The number of rotatable bonds is 5. The van der Waals surface area contributed by atoms with E-state index in [-0.39, 0.29) is 36.1 Å². The third kappa shape index (κ3) is 4.17. The van der Waals surface area contributed by atoms with Gasteiger partial charge < -0.3 is 21.3 Å². The molecule has 118 valence electrons. The van der Waals surface area contributed by atoms with Gasteiger partial charge in [0.15, 0.2) is 0 Å². The molecule has 0 aromatic rings. The summed E-state index contributed by atoms with van der Waals surface area (Å²) < 4.78 is 0. The first-order valence-corrected chi connectivity index (χ1v) is 7.65. The van der Waals surface area contributed by atoms with Gasteiger partial charge in [-0.1, -0.05) is 0 Å². The molecule has 0 radical (unpaired) electrons. The SMILES string of the molecule is NCCC(=O)NCC1CCCCN1C(=O)C1CNC(=O)C1. The Balaban J connectivity index is 1.90. The van der Waals surface area contributed by atoms with E-state index in [1.807, 2.05) is 4.90 Å². The van der Waals surface area contributed by atoms with Gasteiger partial charge in [0.25, 0.3) is 0 Å². The average molecular weight is 296 g/mol. The van der Waals surface area contributed by atoms with Crippen molar-refractivity contribution in [2.45, 2.75) is 38.1 Å². The molecule has 3 amide bonds. The molecule has 7 nitrogen and oxygen atoms in total. The molecule has 21 heavy (non-hydrogen) atoms. The van der Waals surface area contributed by atoms with Crippen LogP contribution in [0, 0.1) is 5.92 Å². The molecular weight excluding hydrogens is 272 g/mol. The van der Waals surface area contributed by atoms with E-state index in [2.05, 4.69) is 10.6 Å². The maximum Gasteiger partial charge on any atom is 0.228 e. The van der Waals surface area contributed by atoms with Crippen LogP contribution in [0.3, 0.4) is 0 Å². The number of carbonyl (C=O) groups is 3. The summed E-state index contributed by atoms with van der Waals surface area (Å²) in [7, 11) is 0. The molecule has 2 aliphatic rings. The van der Waals surface area contributed by atoms with Gasteiger partial charge in [-0.2, -0.15) is 0 Å². The molecule has 0 spiro atoms. The van der Waals surface area contributed by atoms with Crippen LogP contribution in [0.5, 0.6) is 0 Å². The number of likely N-dealkylation sites (tertiary alicyclic amines) is 1. The number of amides is 3. The van der Waals surface area contributed by atoms with Gasteiger partial charge in [0, 0.05) is 45.1 Å². The Morgan fingerprint density at radius 1 is 1.38 bits per heavy atom. The number of nitrogens with one attached hydrogen (secondary N) is 2. The largest absolute Gasteiger partial charge is 0.355 e. The maximum absolute atomic E-state index is 12.5. The zero-order chi connectivity index (χ0) is 15.2. The van der Waals surface area contributed by atoms with Crippen LogP contribution in [0.4, 0.5) is 0 Å². The van der Waals surface area contributed by atoms with Crippen LogP contribution >= 0.6 is 0 Å². The predicted molar refractivity (Wildman–Crippen MR) is 77.1 cm³/mol. The van der Waals surface area contributed by atoms with Crippen molar-refractivity contribution >= 4 is 17.7 Å². The Hall–Kier alpha value is -1.63. The quantitative estimate of drug-likeness (QED) is 0.603. The molecule has 2 heterocycles. The highest BCUT2D eigenvalue weighted by atomic mass is 16.2. The first-order chi connectivity index (χ1) is 10.1. The van der Waals surface area contributed by atoms with Gasteiger partial charge in [-0.05, 0) is 19.3 Å². The minimum Gasteiger partial charge on any atom is -0.355 e. The number of piperidine rings is 1. The van der Waals surface area contributed by atoms with Crippen LogP contribution in [-0.2, 0) is 14.4 Å².